The number of nitrogens with zero attached hydrogens (tertiary/aromatic N) is 1. The van der Waals surface area contributed by atoms with Crippen LogP contribution in [-0.2, 0) is 17.8 Å². The van der Waals surface area contributed by atoms with E-state index in [-0.39, 0.29) is 0 Å². The predicted octanol–water partition coefficient (Wildman–Crippen LogP) is 3.05. The maximum Gasteiger partial charge on any atom is 0.194 e. The molecule has 0 spiro atoms. The third-order valence-electron chi connectivity index (χ3n) is 2.36. The number of methoxy groups -OCH3 is 1. The minimum absolute atomic E-state index is 0.480. The summed E-state index contributed by atoms with van der Waals surface area (Å²) in [4.78, 5) is 4.40. The molecule has 0 unspecified atom stereocenters. The van der Waals surface area contributed by atoms with Crippen molar-refractivity contribution in [1.29, 1.82) is 0 Å². The molecule has 1 aromatic carbocycles. The first-order chi connectivity index (χ1) is 7.85. The van der Waals surface area contributed by atoms with Gasteiger partial charge in [-0.3, -0.25) is 0 Å². The summed E-state index contributed by atoms with van der Waals surface area (Å²) in [5.74, 6) is 1.57. The lowest BCUT2D eigenvalue weighted by molar-refractivity contribution is 0.182. The summed E-state index contributed by atoms with van der Waals surface area (Å²) in [5, 5.41) is 0. The lowest BCUT2D eigenvalue weighted by atomic mass is 10.1. The SMILES string of the molecule is CCc1nc(COC)c(-c2ccccc2)o1. The highest BCUT2D eigenvalue weighted by Crippen LogP contribution is 2.25. The van der Waals surface area contributed by atoms with Crippen molar-refractivity contribution in [3.63, 3.8) is 0 Å². The van der Waals surface area contributed by atoms with Gasteiger partial charge in [-0.05, 0) is 0 Å². The Kier molecular flexibility index (Phi) is 3.37. The fraction of sp³-hybridized carbons (Fsp3) is 0.308. The van der Waals surface area contributed by atoms with E-state index < -0.39 is 0 Å². The van der Waals surface area contributed by atoms with Crippen molar-refractivity contribution in [3.05, 3.63) is 41.9 Å². The molecular formula is C13H15NO2. The molecule has 0 saturated heterocycles. The Morgan fingerprint density at radius 3 is 2.62 bits per heavy atom. The summed E-state index contributed by atoms with van der Waals surface area (Å²) < 4.78 is 10.8. The quantitative estimate of drug-likeness (QED) is 0.789. The molecular weight excluding hydrogens is 202 g/mol. The molecule has 0 N–H and O–H groups in total. The zero-order valence-electron chi connectivity index (χ0n) is 9.56. The van der Waals surface area contributed by atoms with Gasteiger partial charge in [0.25, 0.3) is 0 Å². The maximum atomic E-state index is 5.71. The first kappa shape index (κ1) is 10.9. The Morgan fingerprint density at radius 2 is 2.00 bits per heavy atom. The lowest BCUT2D eigenvalue weighted by Crippen LogP contribution is -1.90. The molecule has 84 valence electrons. The summed E-state index contributed by atoms with van der Waals surface area (Å²) >= 11 is 0. The van der Waals surface area contributed by atoms with E-state index >= 15 is 0 Å². The lowest BCUT2D eigenvalue weighted by Gasteiger charge is -1.99. The fourth-order valence-electron chi connectivity index (χ4n) is 1.60. The van der Waals surface area contributed by atoms with Crippen LogP contribution in [0.2, 0.25) is 0 Å². The normalized spacial score (nSPS) is 10.6. The topological polar surface area (TPSA) is 35.3 Å². The maximum absolute atomic E-state index is 5.71. The van der Waals surface area contributed by atoms with Crippen LogP contribution in [0.5, 0.6) is 0 Å². The number of hydrogen-bond acceptors (Lipinski definition) is 3. The Hall–Kier alpha value is -1.61. The standard InChI is InChI=1S/C13H15NO2/c1-3-12-14-11(9-15-2)13(16-12)10-7-5-4-6-8-10/h4-8H,3,9H2,1-2H3. The predicted molar refractivity (Wildman–Crippen MR) is 62.0 cm³/mol. The van der Waals surface area contributed by atoms with Crippen molar-refractivity contribution >= 4 is 0 Å². The van der Waals surface area contributed by atoms with Crippen molar-refractivity contribution < 1.29 is 9.15 Å². The zero-order valence-corrected chi connectivity index (χ0v) is 9.56. The van der Waals surface area contributed by atoms with Crippen LogP contribution < -0.4 is 0 Å². The monoisotopic (exact) mass is 217 g/mol. The van der Waals surface area contributed by atoms with Crippen LogP contribution in [0.3, 0.4) is 0 Å². The second-order valence-electron chi connectivity index (χ2n) is 3.54. The van der Waals surface area contributed by atoms with Gasteiger partial charge in [0, 0.05) is 19.1 Å². The number of benzene rings is 1. The van der Waals surface area contributed by atoms with Crippen LogP contribution in [0.1, 0.15) is 18.5 Å². The summed E-state index contributed by atoms with van der Waals surface area (Å²) in [6.45, 7) is 2.50. The largest absolute Gasteiger partial charge is 0.440 e. The molecule has 3 heteroatoms. The van der Waals surface area contributed by atoms with Crippen LogP contribution in [0.25, 0.3) is 11.3 Å². The first-order valence-electron chi connectivity index (χ1n) is 5.38. The van der Waals surface area contributed by atoms with E-state index in [1.807, 2.05) is 37.3 Å². The van der Waals surface area contributed by atoms with Gasteiger partial charge >= 0.3 is 0 Å². The van der Waals surface area contributed by atoms with Gasteiger partial charge in [-0.15, -0.1) is 0 Å². The number of ether oxygens (including phenoxy) is 1. The molecule has 0 radical (unpaired) electrons. The number of hydrogen-bond donors (Lipinski definition) is 0. The van der Waals surface area contributed by atoms with E-state index in [1.54, 1.807) is 7.11 Å². The number of oxazole rings is 1. The van der Waals surface area contributed by atoms with Gasteiger partial charge in [-0.1, -0.05) is 37.3 Å². The first-order valence-corrected chi connectivity index (χ1v) is 5.38. The molecule has 0 bridgehead atoms. The van der Waals surface area contributed by atoms with E-state index in [1.165, 1.54) is 0 Å². The van der Waals surface area contributed by atoms with Crippen molar-refractivity contribution in [2.24, 2.45) is 0 Å². The van der Waals surface area contributed by atoms with Gasteiger partial charge in [0.2, 0.25) is 0 Å². The highest BCUT2D eigenvalue weighted by atomic mass is 16.5. The minimum atomic E-state index is 0.480. The minimum Gasteiger partial charge on any atom is -0.440 e. The highest BCUT2D eigenvalue weighted by Gasteiger charge is 2.13. The zero-order chi connectivity index (χ0) is 11.4. The molecule has 0 aliphatic rings. The van der Waals surface area contributed by atoms with E-state index in [4.69, 9.17) is 9.15 Å². The van der Waals surface area contributed by atoms with Crippen LogP contribution in [0.15, 0.2) is 34.7 Å². The second kappa shape index (κ2) is 4.94. The molecule has 0 aliphatic heterocycles. The van der Waals surface area contributed by atoms with Crippen molar-refractivity contribution in [3.8, 4) is 11.3 Å². The molecule has 0 atom stereocenters. The Labute approximate surface area is 95.1 Å². The Morgan fingerprint density at radius 1 is 1.25 bits per heavy atom. The van der Waals surface area contributed by atoms with Gasteiger partial charge in [0.15, 0.2) is 11.7 Å². The molecule has 2 rings (SSSR count). The van der Waals surface area contributed by atoms with Gasteiger partial charge < -0.3 is 9.15 Å². The van der Waals surface area contributed by atoms with Gasteiger partial charge in [-0.25, -0.2) is 4.98 Å². The molecule has 3 nitrogen and oxygen atoms in total. The van der Waals surface area contributed by atoms with E-state index in [9.17, 15) is 0 Å². The summed E-state index contributed by atoms with van der Waals surface area (Å²) in [7, 11) is 1.66. The van der Waals surface area contributed by atoms with Crippen LogP contribution in [0, 0.1) is 0 Å². The van der Waals surface area contributed by atoms with E-state index in [0.717, 1.165) is 29.3 Å². The molecule has 16 heavy (non-hydrogen) atoms. The number of aromatic nitrogens is 1. The van der Waals surface area contributed by atoms with Crippen LogP contribution in [0.4, 0.5) is 0 Å². The van der Waals surface area contributed by atoms with Gasteiger partial charge in [0.05, 0.1) is 6.61 Å². The molecule has 1 aromatic heterocycles. The van der Waals surface area contributed by atoms with Crippen LogP contribution >= 0.6 is 0 Å². The highest BCUT2D eigenvalue weighted by molar-refractivity contribution is 5.59. The average Bonchev–Trinajstić information content (AvgIpc) is 2.74. The molecule has 1 heterocycles. The molecule has 0 aliphatic carbocycles. The Bertz CT molecular complexity index is 448. The summed E-state index contributed by atoms with van der Waals surface area (Å²) in [6.07, 6.45) is 0.795. The third kappa shape index (κ3) is 2.14. The van der Waals surface area contributed by atoms with Crippen molar-refractivity contribution in [2.75, 3.05) is 7.11 Å². The fourth-order valence-corrected chi connectivity index (χ4v) is 1.60. The Balaban J connectivity index is 2.42. The number of rotatable bonds is 4. The van der Waals surface area contributed by atoms with Crippen molar-refractivity contribution in [2.45, 2.75) is 20.0 Å². The summed E-state index contributed by atoms with van der Waals surface area (Å²) in [5.41, 5.74) is 1.91. The molecule has 0 saturated carbocycles. The van der Waals surface area contributed by atoms with Crippen LogP contribution in [-0.4, -0.2) is 12.1 Å². The van der Waals surface area contributed by atoms with Gasteiger partial charge in [-0.2, -0.15) is 0 Å². The molecule has 0 fully saturated rings. The average molecular weight is 217 g/mol. The van der Waals surface area contributed by atoms with Gasteiger partial charge in [0.1, 0.15) is 5.69 Å². The number of aryl methyl sites for hydroxylation is 1. The third-order valence-corrected chi connectivity index (χ3v) is 2.36. The molecule has 0 amide bonds. The molecule has 2 aromatic rings. The van der Waals surface area contributed by atoms with E-state index in [2.05, 4.69) is 4.98 Å². The second-order valence-corrected chi connectivity index (χ2v) is 3.54. The smallest absolute Gasteiger partial charge is 0.194 e. The van der Waals surface area contributed by atoms with Crippen molar-refractivity contribution in [1.82, 2.24) is 4.98 Å². The summed E-state index contributed by atoms with van der Waals surface area (Å²) in [6, 6.07) is 9.98. The van der Waals surface area contributed by atoms with E-state index in [0.29, 0.717) is 6.61 Å².